The number of hydrogen-bond donors (Lipinski definition) is 0. The Morgan fingerprint density at radius 3 is 2.32 bits per heavy atom. The molecule has 1 aromatic rings. The number of benzene rings is 1. The first-order valence-electron chi connectivity index (χ1n) is 6.83. The molecule has 0 radical (unpaired) electrons. The van der Waals surface area contributed by atoms with Gasteiger partial charge in [0.15, 0.2) is 5.66 Å². The molecule has 1 rings (SSSR count). The van der Waals surface area contributed by atoms with E-state index in [0.29, 0.717) is 11.5 Å². The molecule has 0 bridgehead atoms. The van der Waals surface area contributed by atoms with Gasteiger partial charge in [0, 0.05) is 6.07 Å². The average Bonchev–Trinajstić information content (AvgIpc) is 2.47. The summed E-state index contributed by atoms with van der Waals surface area (Å²) in [5, 5.41) is 11.3. The van der Waals surface area contributed by atoms with Gasteiger partial charge in [-0.05, 0) is 26.0 Å². The number of ether oxygens (including phenoxy) is 2. The molecule has 0 aliphatic heterocycles. The van der Waals surface area contributed by atoms with Crippen LogP contribution in [0.2, 0.25) is 0 Å². The van der Waals surface area contributed by atoms with Crippen molar-refractivity contribution in [2.24, 2.45) is 0 Å². The quantitative estimate of drug-likeness (QED) is 0.572. The molecular weight excluding hydrogens is 311 g/mol. The second kappa shape index (κ2) is 8.90. The van der Waals surface area contributed by atoms with Gasteiger partial charge in [0.2, 0.25) is 7.94 Å². The molecule has 0 amide bonds. The van der Waals surface area contributed by atoms with E-state index in [4.69, 9.17) is 18.5 Å². The zero-order valence-electron chi connectivity index (χ0n) is 12.8. The molecule has 0 aromatic heterocycles. The molecule has 0 fully saturated rings. The summed E-state index contributed by atoms with van der Waals surface area (Å²) < 4.78 is 20.5. The summed E-state index contributed by atoms with van der Waals surface area (Å²) in [6, 6.07) is 6.61. The molecule has 0 saturated heterocycles. The number of carboxylic acid groups (broad SMARTS) is 1. The van der Waals surface area contributed by atoms with E-state index in [-0.39, 0.29) is 13.2 Å². The Bertz CT molecular complexity index is 474. The van der Waals surface area contributed by atoms with Crippen LogP contribution >= 0.6 is 7.94 Å². The first kappa shape index (κ1) is 18.6. The third-order valence-electron chi connectivity index (χ3n) is 2.72. The average molecular weight is 331 g/mol. The fourth-order valence-corrected chi connectivity index (χ4v) is 3.40. The first-order chi connectivity index (χ1) is 10.5. The van der Waals surface area contributed by atoms with Crippen LogP contribution in [0, 0.1) is 0 Å². The van der Waals surface area contributed by atoms with Crippen molar-refractivity contribution in [2.75, 3.05) is 26.9 Å². The number of rotatable bonds is 10. The van der Waals surface area contributed by atoms with E-state index in [0.717, 1.165) is 0 Å². The van der Waals surface area contributed by atoms with Crippen molar-refractivity contribution in [3.05, 3.63) is 24.3 Å². The monoisotopic (exact) mass is 331 g/mol. The van der Waals surface area contributed by atoms with Gasteiger partial charge in [0.1, 0.15) is 18.1 Å². The van der Waals surface area contributed by atoms with Crippen molar-refractivity contribution < 1.29 is 33.3 Å². The molecule has 0 N–H and O–H groups in total. The van der Waals surface area contributed by atoms with Crippen LogP contribution in [0.1, 0.15) is 13.8 Å². The van der Waals surface area contributed by atoms with E-state index < -0.39 is 26.2 Å². The zero-order valence-corrected chi connectivity index (χ0v) is 13.7. The Labute approximate surface area is 130 Å². The lowest BCUT2D eigenvalue weighted by molar-refractivity contribution is -0.308. The minimum absolute atomic E-state index is 0.0558. The lowest BCUT2D eigenvalue weighted by Crippen LogP contribution is -2.45. The second-order valence-electron chi connectivity index (χ2n) is 4.20. The summed E-state index contributed by atoms with van der Waals surface area (Å²) in [5.74, 6) is -0.612. The molecule has 0 aliphatic carbocycles. The summed E-state index contributed by atoms with van der Waals surface area (Å²) >= 11 is 0. The largest absolute Gasteiger partial charge is 0.631 e. The highest BCUT2D eigenvalue weighted by atomic mass is 31.2. The van der Waals surface area contributed by atoms with Crippen LogP contribution < -0.4 is 19.5 Å². The Morgan fingerprint density at radius 2 is 1.82 bits per heavy atom. The molecular formula is C14H20O7P-. The fraction of sp³-hybridized carbons (Fsp3) is 0.500. The van der Waals surface area contributed by atoms with Gasteiger partial charge < -0.3 is 24.3 Å². The van der Waals surface area contributed by atoms with Crippen LogP contribution in [0.4, 0.5) is 0 Å². The van der Waals surface area contributed by atoms with Gasteiger partial charge in [-0.15, -0.1) is 0 Å². The molecule has 1 aromatic carbocycles. The number of carbonyl (C=O) groups is 1. The van der Waals surface area contributed by atoms with E-state index in [2.05, 4.69) is 0 Å². The van der Waals surface area contributed by atoms with Crippen molar-refractivity contribution in [2.45, 2.75) is 19.5 Å². The molecule has 0 spiro atoms. The lowest BCUT2D eigenvalue weighted by atomic mass is 10.3. The summed E-state index contributed by atoms with van der Waals surface area (Å²) in [6.07, 6.45) is 0. The van der Waals surface area contributed by atoms with Crippen LogP contribution in [0.3, 0.4) is 0 Å². The maximum absolute atomic E-state index is 12.5. The lowest BCUT2D eigenvalue weighted by Gasteiger charge is -2.33. The standard InChI is InChI=1S/C14H21O7P/c1-4-20-22(17,21-5-2)13(14(15)16)10-19-12-8-6-7-11(9-12)18-3/h6-9,13H,4-5,10H2,1-3H3,(H,15,16)/p-1. The van der Waals surface area contributed by atoms with Crippen LogP contribution in [-0.4, -0.2) is 38.6 Å². The van der Waals surface area contributed by atoms with E-state index >= 15 is 0 Å². The minimum Gasteiger partial charge on any atom is -0.631 e. The fourth-order valence-electron chi connectivity index (χ4n) is 1.73. The predicted molar refractivity (Wildman–Crippen MR) is 77.5 cm³/mol. The normalized spacial score (nSPS) is 12.7. The number of aliphatic carboxylic acids is 1. The van der Waals surface area contributed by atoms with E-state index in [1.165, 1.54) is 7.11 Å². The Hall–Kier alpha value is -1.40. The number of hydrogen-bond acceptors (Lipinski definition) is 7. The highest BCUT2D eigenvalue weighted by Gasteiger charge is 2.42. The van der Waals surface area contributed by atoms with E-state index in [9.17, 15) is 14.8 Å². The molecule has 0 saturated carbocycles. The van der Waals surface area contributed by atoms with Crippen molar-refractivity contribution in [1.29, 1.82) is 0 Å². The maximum atomic E-state index is 12.5. The van der Waals surface area contributed by atoms with Gasteiger partial charge in [0.05, 0.1) is 26.3 Å². The third-order valence-corrected chi connectivity index (χ3v) is 5.08. The summed E-state index contributed by atoms with van der Waals surface area (Å²) in [7, 11) is -2.36. The van der Waals surface area contributed by atoms with Gasteiger partial charge in [-0.2, -0.15) is 0 Å². The SMILES string of the molecule is CCO[P+]([O-])(OCC)C(COc1cccc(OC)c1)C(=O)[O-]. The molecule has 0 heterocycles. The number of carbonyl (C=O) groups excluding carboxylic acids is 1. The molecule has 0 aliphatic rings. The topological polar surface area (TPSA) is 100 Å². The highest BCUT2D eigenvalue weighted by Crippen LogP contribution is 2.56. The second-order valence-corrected chi connectivity index (χ2v) is 6.42. The van der Waals surface area contributed by atoms with Gasteiger partial charge in [-0.1, -0.05) is 6.07 Å². The Balaban J connectivity index is 2.84. The van der Waals surface area contributed by atoms with Gasteiger partial charge >= 0.3 is 0 Å². The summed E-state index contributed by atoms with van der Waals surface area (Å²) in [6.45, 7) is 2.91. The highest BCUT2D eigenvalue weighted by molar-refractivity contribution is 7.61. The number of methoxy groups -OCH3 is 1. The van der Waals surface area contributed by atoms with E-state index in [1.807, 2.05) is 0 Å². The smallest absolute Gasteiger partial charge is 0.249 e. The van der Waals surface area contributed by atoms with Crippen LogP contribution in [-0.2, 0) is 13.8 Å². The molecule has 8 heteroatoms. The number of carboxylic acids is 1. The maximum Gasteiger partial charge on any atom is 0.249 e. The zero-order chi connectivity index (χ0) is 16.6. The van der Waals surface area contributed by atoms with Crippen molar-refractivity contribution in [3.8, 4) is 11.5 Å². The molecule has 22 heavy (non-hydrogen) atoms. The molecule has 1 atom stereocenters. The minimum atomic E-state index is -3.86. The molecule has 1 unspecified atom stereocenters. The van der Waals surface area contributed by atoms with Gasteiger partial charge in [-0.25, -0.2) is 9.05 Å². The Kier molecular flexibility index (Phi) is 7.55. The third kappa shape index (κ3) is 5.10. The van der Waals surface area contributed by atoms with E-state index in [1.54, 1.807) is 38.1 Å². The molecule has 124 valence electrons. The van der Waals surface area contributed by atoms with Crippen molar-refractivity contribution in [3.63, 3.8) is 0 Å². The first-order valence-corrected chi connectivity index (χ1v) is 8.44. The Morgan fingerprint density at radius 1 is 1.23 bits per heavy atom. The van der Waals surface area contributed by atoms with Gasteiger partial charge in [-0.3, -0.25) is 0 Å². The van der Waals surface area contributed by atoms with Crippen LogP contribution in [0.25, 0.3) is 0 Å². The van der Waals surface area contributed by atoms with Crippen molar-refractivity contribution in [1.82, 2.24) is 0 Å². The van der Waals surface area contributed by atoms with Gasteiger partial charge in [0.25, 0.3) is 0 Å². The molecule has 7 nitrogen and oxygen atoms in total. The van der Waals surface area contributed by atoms with Crippen LogP contribution in [0.5, 0.6) is 11.5 Å². The van der Waals surface area contributed by atoms with Crippen molar-refractivity contribution >= 4 is 13.9 Å². The summed E-state index contributed by atoms with van der Waals surface area (Å²) in [4.78, 5) is 23.8. The predicted octanol–water partition coefficient (Wildman–Crippen LogP) is 0.388. The van der Waals surface area contributed by atoms with Crippen LogP contribution in [0.15, 0.2) is 24.3 Å². The summed E-state index contributed by atoms with van der Waals surface area (Å²) in [5.41, 5.74) is -1.52.